The van der Waals surface area contributed by atoms with Crippen molar-refractivity contribution in [3.05, 3.63) is 41.6 Å². The Labute approximate surface area is 139 Å². The van der Waals surface area contributed by atoms with Gasteiger partial charge in [-0.05, 0) is 19.1 Å². The van der Waals surface area contributed by atoms with E-state index >= 15 is 0 Å². The molecule has 0 aliphatic carbocycles. The zero-order valence-corrected chi connectivity index (χ0v) is 13.0. The van der Waals surface area contributed by atoms with E-state index in [1.807, 2.05) is 0 Å². The Morgan fingerprint density at radius 1 is 1.28 bits per heavy atom. The van der Waals surface area contributed by atoms with E-state index in [-0.39, 0.29) is 10.6 Å². The summed E-state index contributed by atoms with van der Waals surface area (Å²) >= 11 is 0. The number of hydrogen-bond acceptors (Lipinski definition) is 4. The van der Waals surface area contributed by atoms with Crippen molar-refractivity contribution < 1.29 is 27.5 Å². The van der Waals surface area contributed by atoms with Crippen molar-refractivity contribution in [2.45, 2.75) is 31.9 Å². The second kappa shape index (κ2) is 6.07. The van der Waals surface area contributed by atoms with Crippen LogP contribution in [0.1, 0.15) is 22.5 Å². The van der Waals surface area contributed by atoms with E-state index in [1.54, 1.807) is 31.2 Å². The fraction of sp³-hybridized carbons (Fsp3) is 0.312. The average Bonchev–Trinajstić information content (AvgIpc) is 2.93. The highest BCUT2D eigenvalue weighted by Gasteiger charge is 2.53. The highest BCUT2D eigenvalue weighted by molar-refractivity contribution is 6.07. The van der Waals surface area contributed by atoms with Gasteiger partial charge in [0.2, 0.25) is 5.72 Å². The lowest BCUT2D eigenvalue weighted by atomic mass is 10.0. The number of hydrogen-bond donors (Lipinski definition) is 1. The van der Waals surface area contributed by atoms with Gasteiger partial charge in [-0.1, -0.05) is 18.2 Å². The molecule has 0 saturated heterocycles. The molecule has 25 heavy (non-hydrogen) atoms. The molecule has 1 N–H and O–H groups in total. The molecule has 1 aliphatic rings. The molecule has 3 rings (SSSR count). The number of amides is 1. The quantitative estimate of drug-likeness (QED) is 0.861. The molecule has 132 valence electrons. The van der Waals surface area contributed by atoms with Gasteiger partial charge in [0.25, 0.3) is 18.8 Å². The standard InChI is InChI=1S/C16H13F4N3O2/c1-8-6-10(9-4-2-3-5-11(9)21-8)14(24)23-16(25,15(19)20)7-12(22-23)13(17)18/h2-6,13,15,25H,7H2,1H3/t16-/m1/s1. The van der Waals surface area contributed by atoms with Crippen LogP contribution in [0.25, 0.3) is 10.9 Å². The van der Waals surface area contributed by atoms with E-state index in [0.29, 0.717) is 16.6 Å². The molecule has 0 spiro atoms. The van der Waals surface area contributed by atoms with Crippen molar-refractivity contribution >= 4 is 22.5 Å². The molecular formula is C16H13F4N3O2. The van der Waals surface area contributed by atoms with Crippen LogP contribution in [0.5, 0.6) is 0 Å². The minimum Gasteiger partial charge on any atom is -0.364 e. The summed E-state index contributed by atoms with van der Waals surface area (Å²) in [6, 6.07) is 7.81. The zero-order chi connectivity index (χ0) is 18.4. The number of benzene rings is 1. The summed E-state index contributed by atoms with van der Waals surface area (Å²) in [7, 11) is 0. The molecule has 1 aromatic carbocycles. The predicted octanol–water partition coefficient (Wildman–Crippen LogP) is 2.96. The van der Waals surface area contributed by atoms with Gasteiger partial charge < -0.3 is 5.11 Å². The molecule has 1 aliphatic heterocycles. The summed E-state index contributed by atoms with van der Waals surface area (Å²) in [5.41, 5.74) is -3.27. The second-order valence-electron chi connectivity index (χ2n) is 5.69. The Hall–Kier alpha value is -2.55. The molecule has 0 fully saturated rings. The maximum Gasteiger partial charge on any atom is 0.287 e. The lowest BCUT2D eigenvalue weighted by molar-refractivity contribution is -0.164. The molecule has 1 atom stereocenters. The number of halogens is 4. The highest BCUT2D eigenvalue weighted by atomic mass is 19.3. The molecule has 0 radical (unpaired) electrons. The lowest BCUT2D eigenvalue weighted by Crippen LogP contribution is -2.51. The van der Waals surface area contributed by atoms with Crippen LogP contribution in [-0.4, -0.2) is 45.3 Å². The number of para-hydroxylation sites is 1. The summed E-state index contributed by atoms with van der Waals surface area (Å²) in [6.45, 7) is 1.60. The minimum atomic E-state index is -3.47. The van der Waals surface area contributed by atoms with Crippen LogP contribution >= 0.6 is 0 Å². The van der Waals surface area contributed by atoms with Gasteiger partial charge in [0.1, 0.15) is 5.71 Å². The van der Waals surface area contributed by atoms with Gasteiger partial charge in [-0.15, -0.1) is 0 Å². The smallest absolute Gasteiger partial charge is 0.287 e. The van der Waals surface area contributed by atoms with E-state index in [2.05, 4.69) is 10.1 Å². The van der Waals surface area contributed by atoms with Gasteiger partial charge in [-0.25, -0.2) is 17.6 Å². The first kappa shape index (κ1) is 17.3. The average molecular weight is 355 g/mol. The number of rotatable bonds is 3. The van der Waals surface area contributed by atoms with E-state index < -0.39 is 36.6 Å². The highest BCUT2D eigenvalue weighted by Crippen LogP contribution is 2.35. The van der Waals surface area contributed by atoms with E-state index in [1.165, 1.54) is 6.07 Å². The number of carbonyl (C=O) groups excluding carboxylic acids is 1. The van der Waals surface area contributed by atoms with Crippen LogP contribution in [-0.2, 0) is 0 Å². The fourth-order valence-electron chi connectivity index (χ4n) is 2.70. The number of hydrazone groups is 1. The normalized spacial score (nSPS) is 20.6. The maximum absolute atomic E-state index is 13.3. The minimum absolute atomic E-state index is 0.0542. The second-order valence-corrected chi connectivity index (χ2v) is 5.69. The molecule has 9 heteroatoms. The molecule has 0 unspecified atom stereocenters. The van der Waals surface area contributed by atoms with Crippen LogP contribution in [0, 0.1) is 6.92 Å². The van der Waals surface area contributed by atoms with Crippen molar-refractivity contribution in [2.24, 2.45) is 5.10 Å². The van der Waals surface area contributed by atoms with Crippen LogP contribution < -0.4 is 0 Å². The molecule has 1 aromatic heterocycles. The van der Waals surface area contributed by atoms with Gasteiger partial charge in [-0.3, -0.25) is 9.78 Å². The number of fused-ring (bicyclic) bond motifs is 1. The Kier molecular flexibility index (Phi) is 4.19. The number of aromatic nitrogens is 1. The number of carbonyl (C=O) groups is 1. The first-order valence-corrected chi connectivity index (χ1v) is 7.31. The zero-order valence-electron chi connectivity index (χ0n) is 13.0. The summed E-state index contributed by atoms with van der Waals surface area (Å²) in [6.07, 6.45) is -7.74. The molecule has 2 heterocycles. The predicted molar refractivity (Wildman–Crippen MR) is 81.7 cm³/mol. The van der Waals surface area contributed by atoms with Crippen molar-refractivity contribution in [1.82, 2.24) is 9.99 Å². The van der Waals surface area contributed by atoms with Gasteiger partial charge in [0, 0.05) is 17.5 Å². The van der Waals surface area contributed by atoms with Gasteiger partial charge in [0.15, 0.2) is 0 Å². The number of aryl methyl sites for hydroxylation is 1. The fourth-order valence-corrected chi connectivity index (χ4v) is 2.70. The number of aliphatic hydroxyl groups is 1. The summed E-state index contributed by atoms with van der Waals surface area (Å²) in [5.74, 6) is -1.10. The Morgan fingerprint density at radius 2 is 1.96 bits per heavy atom. The molecule has 0 bridgehead atoms. The lowest BCUT2D eigenvalue weighted by Gasteiger charge is -2.30. The number of alkyl halides is 4. The molecule has 0 saturated carbocycles. The van der Waals surface area contributed by atoms with Gasteiger partial charge >= 0.3 is 0 Å². The molecular weight excluding hydrogens is 342 g/mol. The summed E-state index contributed by atoms with van der Waals surface area (Å²) in [5, 5.41) is 13.8. The van der Waals surface area contributed by atoms with Gasteiger partial charge in [0.05, 0.1) is 11.1 Å². The van der Waals surface area contributed by atoms with E-state index in [4.69, 9.17) is 0 Å². The first-order chi connectivity index (χ1) is 11.7. The number of pyridine rings is 1. The van der Waals surface area contributed by atoms with Crippen molar-refractivity contribution in [3.63, 3.8) is 0 Å². The molecule has 1 amide bonds. The van der Waals surface area contributed by atoms with Crippen molar-refractivity contribution in [2.75, 3.05) is 0 Å². The Balaban J connectivity index is 2.13. The largest absolute Gasteiger partial charge is 0.364 e. The van der Waals surface area contributed by atoms with Crippen molar-refractivity contribution in [3.8, 4) is 0 Å². The Bertz CT molecular complexity index is 872. The molecule has 5 nitrogen and oxygen atoms in total. The Morgan fingerprint density at radius 3 is 2.60 bits per heavy atom. The topological polar surface area (TPSA) is 65.8 Å². The summed E-state index contributed by atoms with van der Waals surface area (Å²) in [4.78, 5) is 17.0. The third-order valence-electron chi connectivity index (χ3n) is 3.90. The maximum atomic E-state index is 13.3. The van der Waals surface area contributed by atoms with Crippen LogP contribution in [0.15, 0.2) is 35.4 Å². The van der Waals surface area contributed by atoms with Crippen LogP contribution in [0.3, 0.4) is 0 Å². The molecule has 2 aromatic rings. The van der Waals surface area contributed by atoms with Gasteiger partial charge in [-0.2, -0.15) is 10.1 Å². The summed E-state index contributed by atoms with van der Waals surface area (Å²) < 4.78 is 52.3. The first-order valence-electron chi connectivity index (χ1n) is 7.31. The van der Waals surface area contributed by atoms with Crippen molar-refractivity contribution in [1.29, 1.82) is 0 Å². The third kappa shape index (κ3) is 2.84. The number of nitrogens with zero attached hydrogens (tertiary/aromatic N) is 3. The third-order valence-corrected chi connectivity index (χ3v) is 3.90. The monoisotopic (exact) mass is 355 g/mol. The SMILES string of the molecule is Cc1cc(C(=O)N2N=C(C(F)F)C[C@@]2(O)C(F)F)c2ccccc2n1. The van der Waals surface area contributed by atoms with Crippen LogP contribution in [0.2, 0.25) is 0 Å². The van der Waals surface area contributed by atoms with Crippen LogP contribution in [0.4, 0.5) is 17.6 Å². The van der Waals surface area contributed by atoms with E-state index in [0.717, 1.165) is 0 Å². The van der Waals surface area contributed by atoms with E-state index in [9.17, 15) is 27.5 Å².